The lowest BCUT2D eigenvalue weighted by atomic mass is 10.0. The second-order valence-corrected chi connectivity index (χ2v) is 8.00. The molecule has 166 valence electrons. The van der Waals surface area contributed by atoms with E-state index in [2.05, 4.69) is 31.3 Å². The first-order valence-corrected chi connectivity index (χ1v) is 10.6. The second kappa shape index (κ2) is 10.1. The molecule has 1 aromatic heterocycles. The van der Waals surface area contributed by atoms with Crippen molar-refractivity contribution in [3.8, 4) is 5.69 Å². The van der Waals surface area contributed by atoms with Gasteiger partial charge in [-0.25, -0.2) is 0 Å². The minimum Gasteiger partial charge on any atom is -0.456 e. The topological polar surface area (TPSA) is 77.4 Å². The molecule has 0 spiro atoms. The Morgan fingerprint density at radius 3 is 2.25 bits per heavy atom. The van der Waals surface area contributed by atoms with Crippen LogP contribution in [-0.4, -0.2) is 35.4 Å². The highest BCUT2D eigenvalue weighted by Gasteiger charge is 2.18. The standard InChI is InChI=1S/C26H28N2O4/c1-17(2)20-10-12-22(13-11-20)28-18(3)14-23(19(28)4)24(29)16-32-25(30)15-27-26(31)21-8-6-5-7-9-21/h5-14,17H,15-16H2,1-4H3,(H,27,31). The Morgan fingerprint density at radius 1 is 0.969 bits per heavy atom. The van der Waals surface area contributed by atoms with Crippen molar-refractivity contribution >= 4 is 17.7 Å². The van der Waals surface area contributed by atoms with Crippen molar-refractivity contribution in [1.29, 1.82) is 0 Å². The number of hydrogen-bond donors (Lipinski definition) is 1. The fourth-order valence-corrected chi connectivity index (χ4v) is 3.57. The number of ketones is 1. The zero-order chi connectivity index (χ0) is 23.3. The van der Waals surface area contributed by atoms with Crippen LogP contribution in [0.1, 0.15) is 57.4 Å². The van der Waals surface area contributed by atoms with E-state index in [9.17, 15) is 14.4 Å². The van der Waals surface area contributed by atoms with Gasteiger partial charge in [0.25, 0.3) is 5.91 Å². The van der Waals surface area contributed by atoms with Gasteiger partial charge in [-0.3, -0.25) is 14.4 Å². The monoisotopic (exact) mass is 432 g/mol. The normalized spacial score (nSPS) is 10.8. The summed E-state index contributed by atoms with van der Waals surface area (Å²) in [6.45, 7) is 7.42. The van der Waals surface area contributed by atoms with Crippen LogP contribution in [0, 0.1) is 13.8 Å². The van der Waals surface area contributed by atoms with Gasteiger partial charge >= 0.3 is 5.97 Å². The number of amides is 1. The number of carbonyl (C=O) groups excluding carboxylic acids is 3. The number of hydrogen-bond acceptors (Lipinski definition) is 4. The molecule has 1 heterocycles. The fraction of sp³-hybridized carbons (Fsp3) is 0.269. The van der Waals surface area contributed by atoms with E-state index >= 15 is 0 Å². The highest BCUT2D eigenvalue weighted by molar-refractivity contribution is 6.00. The molecule has 3 rings (SSSR count). The van der Waals surface area contributed by atoms with Crippen molar-refractivity contribution in [3.05, 3.63) is 88.7 Å². The van der Waals surface area contributed by atoms with Gasteiger partial charge in [0.1, 0.15) is 6.54 Å². The molecule has 0 aliphatic heterocycles. The predicted octanol–water partition coefficient (Wildman–Crippen LogP) is 4.37. The quantitative estimate of drug-likeness (QED) is 0.423. The van der Waals surface area contributed by atoms with Crippen molar-refractivity contribution in [1.82, 2.24) is 9.88 Å². The van der Waals surface area contributed by atoms with E-state index < -0.39 is 5.97 Å². The Labute approximate surface area is 188 Å². The number of nitrogens with zero attached hydrogens (tertiary/aromatic N) is 1. The number of aromatic nitrogens is 1. The van der Waals surface area contributed by atoms with Gasteiger partial charge in [0.15, 0.2) is 6.61 Å². The average Bonchev–Trinajstić information content (AvgIpc) is 3.10. The molecule has 0 aliphatic carbocycles. The van der Waals surface area contributed by atoms with E-state index in [1.165, 1.54) is 5.56 Å². The average molecular weight is 433 g/mol. The van der Waals surface area contributed by atoms with Crippen molar-refractivity contribution in [2.45, 2.75) is 33.6 Å². The molecule has 0 atom stereocenters. The van der Waals surface area contributed by atoms with Gasteiger partial charge in [-0.15, -0.1) is 0 Å². The summed E-state index contributed by atoms with van der Waals surface area (Å²) in [5, 5.41) is 2.49. The van der Waals surface area contributed by atoms with Crippen LogP contribution in [0.4, 0.5) is 0 Å². The first-order chi connectivity index (χ1) is 15.3. The Bertz CT molecular complexity index is 1110. The summed E-state index contributed by atoms with van der Waals surface area (Å²) in [5.74, 6) is -0.882. The molecule has 2 aromatic carbocycles. The molecular formula is C26H28N2O4. The molecule has 0 saturated heterocycles. The van der Waals surface area contributed by atoms with E-state index in [0.717, 1.165) is 17.1 Å². The first kappa shape index (κ1) is 23.0. The molecular weight excluding hydrogens is 404 g/mol. The summed E-state index contributed by atoms with van der Waals surface area (Å²) in [6, 6.07) is 18.6. The molecule has 1 N–H and O–H groups in total. The number of ether oxygens (including phenoxy) is 1. The van der Waals surface area contributed by atoms with Gasteiger partial charge in [-0.2, -0.15) is 0 Å². The number of nitrogens with one attached hydrogen (secondary N) is 1. The summed E-state index contributed by atoms with van der Waals surface area (Å²) in [4.78, 5) is 36.7. The van der Waals surface area contributed by atoms with Crippen LogP contribution in [0.25, 0.3) is 5.69 Å². The third kappa shape index (κ3) is 5.32. The van der Waals surface area contributed by atoms with Crippen LogP contribution >= 0.6 is 0 Å². The lowest BCUT2D eigenvalue weighted by Gasteiger charge is -2.12. The molecule has 0 bridgehead atoms. The molecule has 6 nitrogen and oxygen atoms in total. The fourth-order valence-electron chi connectivity index (χ4n) is 3.57. The molecule has 0 radical (unpaired) electrons. The Kier molecular flexibility index (Phi) is 7.25. The summed E-state index contributed by atoms with van der Waals surface area (Å²) in [5.41, 5.74) is 4.90. The van der Waals surface area contributed by atoms with Crippen molar-refractivity contribution < 1.29 is 19.1 Å². The highest BCUT2D eigenvalue weighted by Crippen LogP contribution is 2.23. The van der Waals surface area contributed by atoms with Gasteiger partial charge in [0.2, 0.25) is 5.78 Å². The van der Waals surface area contributed by atoms with Gasteiger partial charge in [0, 0.05) is 28.2 Å². The smallest absolute Gasteiger partial charge is 0.325 e. The lowest BCUT2D eigenvalue weighted by molar-refractivity contribution is -0.141. The minimum atomic E-state index is -0.666. The Hall–Kier alpha value is -3.67. The first-order valence-electron chi connectivity index (χ1n) is 10.6. The van der Waals surface area contributed by atoms with Gasteiger partial charge < -0.3 is 14.6 Å². The zero-order valence-electron chi connectivity index (χ0n) is 18.8. The summed E-state index contributed by atoms with van der Waals surface area (Å²) in [6.07, 6.45) is 0. The summed E-state index contributed by atoms with van der Waals surface area (Å²) in [7, 11) is 0. The maximum atomic E-state index is 12.7. The number of rotatable bonds is 8. The third-order valence-corrected chi connectivity index (χ3v) is 5.34. The maximum Gasteiger partial charge on any atom is 0.325 e. The number of esters is 1. The summed E-state index contributed by atoms with van der Waals surface area (Å²) >= 11 is 0. The second-order valence-electron chi connectivity index (χ2n) is 8.00. The molecule has 0 unspecified atom stereocenters. The van der Waals surface area contributed by atoms with Gasteiger partial charge in [0.05, 0.1) is 0 Å². The Morgan fingerprint density at radius 2 is 1.62 bits per heavy atom. The van der Waals surface area contributed by atoms with E-state index in [-0.39, 0.29) is 24.8 Å². The maximum absolute atomic E-state index is 12.7. The molecule has 0 aliphatic rings. The molecule has 3 aromatic rings. The molecule has 32 heavy (non-hydrogen) atoms. The van der Waals surface area contributed by atoms with Crippen molar-refractivity contribution in [3.63, 3.8) is 0 Å². The van der Waals surface area contributed by atoms with Crippen molar-refractivity contribution in [2.24, 2.45) is 0 Å². The van der Waals surface area contributed by atoms with E-state index in [4.69, 9.17) is 4.74 Å². The summed E-state index contributed by atoms with van der Waals surface area (Å²) < 4.78 is 7.10. The zero-order valence-corrected chi connectivity index (χ0v) is 18.8. The van der Waals surface area contributed by atoms with E-state index in [0.29, 0.717) is 17.0 Å². The molecule has 1 amide bonds. The van der Waals surface area contributed by atoms with Crippen LogP contribution < -0.4 is 5.32 Å². The van der Waals surface area contributed by atoms with Crippen LogP contribution in [0.3, 0.4) is 0 Å². The largest absolute Gasteiger partial charge is 0.456 e. The number of benzene rings is 2. The number of carbonyl (C=O) groups is 3. The van der Waals surface area contributed by atoms with Gasteiger partial charge in [-0.05, 0) is 55.7 Å². The lowest BCUT2D eigenvalue weighted by Crippen LogP contribution is -2.31. The minimum absolute atomic E-state index is 0.286. The predicted molar refractivity (Wildman–Crippen MR) is 123 cm³/mol. The molecule has 0 fully saturated rings. The highest BCUT2D eigenvalue weighted by atomic mass is 16.5. The van der Waals surface area contributed by atoms with E-state index in [1.807, 2.05) is 30.5 Å². The molecule has 6 heteroatoms. The van der Waals surface area contributed by atoms with E-state index in [1.54, 1.807) is 36.4 Å². The van der Waals surface area contributed by atoms with Crippen LogP contribution in [0.5, 0.6) is 0 Å². The van der Waals surface area contributed by atoms with Crippen molar-refractivity contribution in [2.75, 3.05) is 13.2 Å². The van der Waals surface area contributed by atoms with Crippen LogP contribution in [0.2, 0.25) is 0 Å². The number of aryl methyl sites for hydroxylation is 1. The van der Waals surface area contributed by atoms with Crippen LogP contribution in [-0.2, 0) is 9.53 Å². The SMILES string of the molecule is Cc1cc(C(=O)COC(=O)CNC(=O)c2ccccc2)c(C)n1-c1ccc(C(C)C)cc1. The third-order valence-electron chi connectivity index (χ3n) is 5.34. The Balaban J connectivity index is 1.60. The molecule has 0 saturated carbocycles. The number of Topliss-reactive ketones (excluding diaryl/α,β-unsaturated/α-hetero) is 1. The van der Waals surface area contributed by atoms with Crippen LogP contribution in [0.15, 0.2) is 60.7 Å². The van der Waals surface area contributed by atoms with Gasteiger partial charge in [-0.1, -0.05) is 44.2 Å².